The third-order valence-corrected chi connectivity index (χ3v) is 7.27. The van der Waals surface area contributed by atoms with Crippen LogP contribution in [0.15, 0.2) is 91.0 Å². The number of rotatable bonds is 3. The first-order valence-corrected chi connectivity index (χ1v) is 13.8. The normalized spacial score (nSPS) is 12.7. The van der Waals surface area contributed by atoms with Gasteiger partial charge in [0.15, 0.2) is 17.1 Å². The van der Waals surface area contributed by atoms with E-state index in [4.69, 9.17) is 0 Å². The maximum Gasteiger partial charge on any atom is 0.435 e. The fourth-order valence-electron chi connectivity index (χ4n) is 5.23. The Labute approximate surface area is 263 Å². The lowest BCUT2D eigenvalue weighted by Crippen LogP contribution is -2.14. The predicted octanol–water partition coefficient (Wildman–Crippen LogP) is 9.57. The lowest BCUT2D eigenvalue weighted by molar-refractivity contribution is -0.141. The van der Waals surface area contributed by atoms with Gasteiger partial charge >= 0.3 is 18.5 Å². The molecule has 6 nitrogen and oxygen atoms in total. The van der Waals surface area contributed by atoms with E-state index in [1.54, 1.807) is 0 Å². The summed E-state index contributed by atoms with van der Waals surface area (Å²) < 4.78 is 130. The van der Waals surface area contributed by atoms with Crippen molar-refractivity contribution in [2.75, 3.05) is 0 Å². The largest absolute Gasteiger partial charge is 0.435 e. The molecule has 0 amide bonds. The van der Waals surface area contributed by atoms with Crippen molar-refractivity contribution < 1.29 is 39.5 Å². The molecule has 0 atom stereocenters. The van der Waals surface area contributed by atoms with E-state index in [0.29, 0.717) is 0 Å². The van der Waals surface area contributed by atoms with Crippen molar-refractivity contribution in [3.8, 4) is 33.8 Å². The fourth-order valence-corrected chi connectivity index (χ4v) is 5.23. The third kappa shape index (κ3) is 5.60. The summed E-state index contributed by atoms with van der Waals surface area (Å²) in [6.45, 7) is 0. The van der Waals surface area contributed by atoms with Crippen LogP contribution in [0.5, 0.6) is 0 Å². The van der Waals surface area contributed by atoms with Crippen LogP contribution in [-0.2, 0) is 18.5 Å². The van der Waals surface area contributed by atoms with E-state index >= 15 is 0 Å². The molecule has 7 rings (SSSR count). The Bertz CT molecular complexity index is 2110. The van der Waals surface area contributed by atoms with Crippen LogP contribution in [0.25, 0.3) is 66.9 Å². The zero-order valence-electron chi connectivity index (χ0n) is 23.7. The van der Waals surface area contributed by atoms with Crippen molar-refractivity contribution in [1.82, 2.24) is 29.9 Å². The molecule has 0 N–H and O–H groups in total. The lowest BCUT2D eigenvalue weighted by atomic mass is 9.96. The summed E-state index contributed by atoms with van der Waals surface area (Å²) in [4.78, 5) is 23.5. The summed E-state index contributed by atoms with van der Waals surface area (Å²) in [6, 6.07) is 19.5. The first kappa shape index (κ1) is 30.9. The number of alkyl halides is 9. The maximum atomic E-state index is 14.5. The number of halogens is 9. The Balaban J connectivity index is 1.61. The number of fused-ring (bicyclic) bond motifs is 3. The van der Waals surface area contributed by atoms with Crippen molar-refractivity contribution in [1.29, 1.82) is 0 Å². The number of hydrogen-bond acceptors (Lipinski definition) is 6. The second-order valence-electron chi connectivity index (χ2n) is 10.5. The first-order chi connectivity index (χ1) is 22.7. The van der Waals surface area contributed by atoms with Crippen molar-refractivity contribution in [2.45, 2.75) is 18.5 Å². The van der Waals surface area contributed by atoms with Gasteiger partial charge in [-0.3, -0.25) is 0 Å². The van der Waals surface area contributed by atoms with Crippen molar-refractivity contribution in [3.05, 3.63) is 108 Å². The fraction of sp³-hybridized carbons (Fsp3) is 0.0909. The van der Waals surface area contributed by atoms with Crippen LogP contribution in [0.4, 0.5) is 39.5 Å². The molecule has 4 aromatic carbocycles. The number of benzene rings is 4. The minimum absolute atomic E-state index is 0.00425. The molecule has 7 aromatic rings. The van der Waals surface area contributed by atoms with Crippen LogP contribution >= 0.6 is 0 Å². The average Bonchev–Trinajstić information content (AvgIpc) is 3.05. The monoisotopic (exact) mass is 666 g/mol. The van der Waals surface area contributed by atoms with E-state index in [9.17, 15) is 39.5 Å². The lowest BCUT2D eigenvalue weighted by Gasteiger charge is -2.18. The highest BCUT2D eigenvalue weighted by Crippen LogP contribution is 2.43. The third-order valence-electron chi connectivity index (χ3n) is 7.27. The minimum atomic E-state index is -5.12. The Morgan fingerprint density at radius 2 is 0.521 bits per heavy atom. The zero-order valence-corrected chi connectivity index (χ0v) is 23.7. The van der Waals surface area contributed by atoms with Gasteiger partial charge in [0.2, 0.25) is 0 Å². The highest BCUT2D eigenvalue weighted by Gasteiger charge is 2.41. The van der Waals surface area contributed by atoms with Gasteiger partial charge in [0.25, 0.3) is 0 Å². The van der Waals surface area contributed by atoms with Gasteiger partial charge in [-0.05, 0) is 54.6 Å². The molecule has 0 fully saturated rings. The number of hydrogen-bond donors (Lipinski definition) is 0. The molecule has 48 heavy (non-hydrogen) atoms. The smallest absolute Gasteiger partial charge is 0.244 e. The number of nitrogens with zero attached hydrogens (tertiary/aromatic N) is 6. The van der Waals surface area contributed by atoms with Gasteiger partial charge < -0.3 is 0 Å². The van der Waals surface area contributed by atoms with Gasteiger partial charge in [0.1, 0.15) is 17.1 Å². The minimum Gasteiger partial charge on any atom is -0.244 e. The molecule has 0 radical (unpaired) electrons. The molecule has 3 aromatic heterocycles. The van der Waals surface area contributed by atoms with Crippen LogP contribution in [0.3, 0.4) is 0 Å². The first-order valence-electron chi connectivity index (χ1n) is 13.8. The summed E-state index contributed by atoms with van der Waals surface area (Å²) >= 11 is 0. The standard InChI is InChI=1S/C33H15F9N6/c34-31(35,36)28-25(43-19-7-1-4-10-22(19)46-28)16-13-17(26-29(32(37,38)39)47-23-11-5-2-8-20(23)44-26)15-18(14-16)27-30(33(40,41)42)48-24-12-6-3-9-21(24)45-27/h1-15H. The molecule has 0 aliphatic rings. The Morgan fingerprint density at radius 1 is 0.312 bits per heavy atom. The Hall–Kier alpha value is -5.73. The predicted molar refractivity (Wildman–Crippen MR) is 157 cm³/mol. The zero-order chi connectivity index (χ0) is 34.0. The van der Waals surface area contributed by atoms with Crippen LogP contribution in [-0.4, -0.2) is 29.9 Å². The topological polar surface area (TPSA) is 77.3 Å². The van der Waals surface area contributed by atoms with E-state index in [-0.39, 0.29) is 33.1 Å². The summed E-state index contributed by atoms with van der Waals surface area (Å²) in [7, 11) is 0. The molecule has 15 heteroatoms. The van der Waals surface area contributed by atoms with Gasteiger partial charge in [0, 0.05) is 16.7 Å². The summed E-state index contributed by atoms with van der Waals surface area (Å²) in [5.41, 5.74) is -8.96. The van der Waals surface area contributed by atoms with Crippen LogP contribution in [0.1, 0.15) is 17.1 Å². The van der Waals surface area contributed by atoms with Gasteiger partial charge in [-0.2, -0.15) is 39.5 Å². The molecule has 0 spiro atoms. The molecule has 0 unspecified atom stereocenters. The van der Waals surface area contributed by atoms with Crippen molar-refractivity contribution in [3.63, 3.8) is 0 Å². The highest BCUT2D eigenvalue weighted by atomic mass is 19.4. The number of aromatic nitrogens is 6. The summed E-state index contributed by atoms with van der Waals surface area (Å²) in [5, 5.41) is 0. The summed E-state index contributed by atoms with van der Waals surface area (Å²) in [6.07, 6.45) is -15.4. The van der Waals surface area contributed by atoms with Crippen LogP contribution in [0, 0.1) is 0 Å². The second-order valence-corrected chi connectivity index (χ2v) is 10.5. The van der Waals surface area contributed by atoms with Gasteiger partial charge in [-0.25, -0.2) is 29.9 Å². The maximum absolute atomic E-state index is 14.5. The number of para-hydroxylation sites is 6. The SMILES string of the molecule is FC(F)(F)c1nc2ccccc2nc1-c1cc(-c2nc3ccccc3nc2C(F)(F)F)cc(-c2nc3ccccc3nc2C(F)(F)F)c1. The van der Waals surface area contributed by atoms with Gasteiger partial charge in [-0.1, -0.05) is 36.4 Å². The highest BCUT2D eigenvalue weighted by molar-refractivity contribution is 5.87. The van der Waals surface area contributed by atoms with E-state index in [1.165, 1.54) is 72.8 Å². The molecule has 0 aliphatic carbocycles. The van der Waals surface area contributed by atoms with E-state index in [0.717, 1.165) is 18.2 Å². The molecule has 3 heterocycles. The molecule has 0 aliphatic heterocycles. The quantitative estimate of drug-likeness (QED) is 0.175. The Kier molecular flexibility index (Phi) is 7.03. The summed E-state index contributed by atoms with van der Waals surface area (Å²) in [5.74, 6) is 0. The van der Waals surface area contributed by atoms with E-state index in [2.05, 4.69) is 29.9 Å². The van der Waals surface area contributed by atoms with E-state index in [1.807, 2.05) is 0 Å². The molecule has 0 saturated carbocycles. The molecule has 0 bridgehead atoms. The van der Waals surface area contributed by atoms with E-state index < -0.39 is 69.4 Å². The van der Waals surface area contributed by atoms with Crippen LogP contribution < -0.4 is 0 Å². The van der Waals surface area contributed by atoms with Crippen LogP contribution in [0.2, 0.25) is 0 Å². The van der Waals surface area contributed by atoms with Crippen molar-refractivity contribution >= 4 is 33.1 Å². The molecule has 240 valence electrons. The van der Waals surface area contributed by atoms with Crippen molar-refractivity contribution in [2.24, 2.45) is 0 Å². The molecular weight excluding hydrogens is 651 g/mol. The average molecular weight is 667 g/mol. The van der Waals surface area contributed by atoms with Gasteiger partial charge in [0.05, 0.1) is 33.1 Å². The molecular formula is C33H15F9N6. The van der Waals surface area contributed by atoms with Gasteiger partial charge in [-0.15, -0.1) is 0 Å². The molecule has 0 saturated heterocycles. The second kappa shape index (κ2) is 10.9. The Morgan fingerprint density at radius 3 is 0.729 bits per heavy atom.